The normalized spacial score (nSPS) is 11.8. The first-order valence-corrected chi connectivity index (χ1v) is 8.22. The van der Waals surface area contributed by atoms with E-state index in [9.17, 15) is 0 Å². The quantitative estimate of drug-likeness (QED) is 0.760. The lowest BCUT2D eigenvalue weighted by atomic mass is 10.0. The molecule has 0 heterocycles. The second-order valence-electron chi connectivity index (χ2n) is 5.68. The Bertz CT molecular complexity index is 620. The van der Waals surface area contributed by atoms with E-state index in [1.807, 2.05) is 12.1 Å². The number of thiocarbonyl (C=S) groups is 1. The third kappa shape index (κ3) is 4.85. The number of aryl methyl sites for hydroxylation is 2. The van der Waals surface area contributed by atoms with Crippen LogP contribution in [0.2, 0.25) is 0 Å². The monoisotopic (exact) mass is 312 g/mol. The first kappa shape index (κ1) is 16.5. The molecule has 0 amide bonds. The van der Waals surface area contributed by atoms with Crippen molar-refractivity contribution in [2.75, 3.05) is 5.32 Å². The zero-order chi connectivity index (χ0) is 15.9. The highest BCUT2D eigenvalue weighted by Crippen LogP contribution is 2.15. The lowest BCUT2D eigenvalue weighted by Crippen LogP contribution is -2.30. The van der Waals surface area contributed by atoms with E-state index >= 15 is 0 Å². The van der Waals surface area contributed by atoms with Gasteiger partial charge in [-0.2, -0.15) is 0 Å². The highest BCUT2D eigenvalue weighted by Gasteiger charge is 2.07. The summed E-state index contributed by atoms with van der Waals surface area (Å²) in [6.07, 6.45) is 2.31. The van der Waals surface area contributed by atoms with Crippen molar-refractivity contribution in [3.05, 3.63) is 65.2 Å². The molecule has 0 saturated heterocycles. The van der Waals surface area contributed by atoms with Gasteiger partial charge in [0, 0.05) is 5.69 Å². The molecule has 0 aliphatic carbocycles. The van der Waals surface area contributed by atoms with Gasteiger partial charge in [0.2, 0.25) is 0 Å². The van der Waals surface area contributed by atoms with Gasteiger partial charge in [0.1, 0.15) is 0 Å². The second kappa shape index (κ2) is 7.95. The zero-order valence-electron chi connectivity index (χ0n) is 13.5. The van der Waals surface area contributed by atoms with Crippen molar-refractivity contribution in [1.82, 2.24) is 5.32 Å². The minimum atomic E-state index is 0.181. The van der Waals surface area contributed by atoms with Crippen LogP contribution in [0.5, 0.6) is 0 Å². The summed E-state index contributed by atoms with van der Waals surface area (Å²) < 4.78 is 0. The summed E-state index contributed by atoms with van der Waals surface area (Å²) in [4.78, 5) is 0. The van der Waals surface area contributed by atoms with E-state index in [2.05, 4.69) is 67.8 Å². The van der Waals surface area contributed by atoms with Gasteiger partial charge in [0.05, 0.1) is 6.04 Å². The fraction of sp³-hybridized carbons (Fsp3) is 0.316. The Morgan fingerprint density at radius 3 is 2.50 bits per heavy atom. The third-order valence-corrected chi connectivity index (χ3v) is 3.86. The highest BCUT2D eigenvalue weighted by molar-refractivity contribution is 7.80. The molecule has 1 unspecified atom stereocenters. The van der Waals surface area contributed by atoms with Crippen LogP contribution in [-0.4, -0.2) is 5.11 Å². The van der Waals surface area contributed by atoms with Crippen molar-refractivity contribution in [2.24, 2.45) is 0 Å². The van der Waals surface area contributed by atoms with Crippen LogP contribution in [0.25, 0.3) is 0 Å². The predicted molar refractivity (Wildman–Crippen MR) is 99.4 cm³/mol. The number of anilines is 1. The van der Waals surface area contributed by atoms with E-state index in [4.69, 9.17) is 12.2 Å². The minimum absolute atomic E-state index is 0.181. The van der Waals surface area contributed by atoms with E-state index < -0.39 is 0 Å². The smallest absolute Gasteiger partial charge is 0.171 e. The summed E-state index contributed by atoms with van der Waals surface area (Å²) in [6.45, 7) is 6.40. The summed E-state index contributed by atoms with van der Waals surface area (Å²) in [5, 5.41) is 7.22. The molecule has 116 valence electrons. The van der Waals surface area contributed by atoms with Crippen LogP contribution in [0.3, 0.4) is 0 Å². The van der Waals surface area contributed by atoms with Crippen molar-refractivity contribution in [2.45, 2.75) is 39.7 Å². The first-order valence-electron chi connectivity index (χ1n) is 7.81. The van der Waals surface area contributed by atoms with Crippen molar-refractivity contribution >= 4 is 23.0 Å². The van der Waals surface area contributed by atoms with Crippen LogP contribution in [0.1, 0.15) is 43.0 Å². The Labute approximate surface area is 139 Å². The Morgan fingerprint density at radius 2 is 1.86 bits per heavy atom. The SMILES string of the molecule is CCCc1ccc(C(C)NC(=S)Nc2cccc(C)c2)cc1. The van der Waals surface area contributed by atoms with Gasteiger partial charge in [-0.15, -0.1) is 0 Å². The van der Waals surface area contributed by atoms with E-state index in [0.29, 0.717) is 5.11 Å². The van der Waals surface area contributed by atoms with Crippen LogP contribution < -0.4 is 10.6 Å². The molecule has 0 saturated carbocycles. The molecule has 0 radical (unpaired) electrons. The molecule has 0 aliphatic rings. The molecule has 0 aliphatic heterocycles. The summed E-state index contributed by atoms with van der Waals surface area (Å²) in [6, 6.07) is 17.1. The van der Waals surface area contributed by atoms with E-state index in [1.54, 1.807) is 0 Å². The van der Waals surface area contributed by atoms with Crippen molar-refractivity contribution < 1.29 is 0 Å². The third-order valence-electron chi connectivity index (χ3n) is 3.64. The van der Waals surface area contributed by atoms with Crippen molar-refractivity contribution in [3.63, 3.8) is 0 Å². The second-order valence-corrected chi connectivity index (χ2v) is 6.09. The first-order chi connectivity index (χ1) is 10.6. The molecule has 2 N–H and O–H groups in total. The van der Waals surface area contributed by atoms with Crippen molar-refractivity contribution in [1.29, 1.82) is 0 Å². The van der Waals surface area contributed by atoms with Crippen LogP contribution in [0, 0.1) is 6.92 Å². The van der Waals surface area contributed by atoms with Gasteiger partial charge >= 0.3 is 0 Å². The molecule has 0 aromatic heterocycles. The van der Waals surface area contributed by atoms with E-state index in [0.717, 1.165) is 12.1 Å². The molecule has 0 bridgehead atoms. The largest absolute Gasteiger partial charge is 0.356 e. The lowest BCUT2D eigenvalue weighted by molar-refractivity contribution is 0.722. The average molecular weight is 312 g/mol. The maximum atomic E-state index is 5.40. The van der Waals surface area contributed by atoms with Crippen LogP contribution in [0.15, 0.2) is 48.5 Å². The van der Waals surface area contributed by atoms with Crippen molar-refractivity contribution in [3.8, 4) is 0 Å². The van der Waals surface area contributed by atoms with E-state index in [-0.39, 0.29) is 6.04 Å². The Kier molecular flexibility index (Phi) is 5.96. The Balaban J connectivity index is 1.93. The lowest BCUT2D eigenvalue weighted by Gasteiger charge is -2.18. The topological polar surface area (TPSA) is 24.1 Å². The maximum absolute atomic E-state index is 5.40. The van der Waals surface area contributed by atoms with E-state index in [1.165, 1.54) is 23.1 Å². The number of hydrogen-bond donors (Lipinski definition) is 2. The average Bonchev–Trinajstić information content (AvgIpc) is 2.48. The summed E-state index contributed by atoms with van der Waals surface area (Å²) in [7, 11) is 0. The maximum Gasteiger partial charge on any atom is 0.171 e. The summed E-state index contributed by atoms with van der Waals surface area (Å²) in [5.74, 6) is 0. The number of hydrogen-bond acceptors (Lipinski definition) is 1. The van der Waals surface area contributed by atoms with Crippen LogP contribution >= 0.6 is 12.2 Å². The highest BCUT2D eigenvalue weighted by atomic mass is 32.1. The minimum Gasteiger partial charge on any atom is -0.356 e. The number of rotatable bonds is 5. The molecule has 2 nitrogen and oxygen atoms in total. The fourth-order valence-corrected chi connectivity index (χ4v) is 2.73. The number of nitrogens with one attached hydrogen (secondary N) is 2. The molecule has 2 aromatic carbocycles. The molecule has 3 heteroatoms. The zero-order valence-corrected chi connectivity index (χ0v) is 14.3. The van der Waals surface area contributed by atoms with Gasteiger partial charge in [-0.3, -0.25) is 0 Å². The fourth-order valence-electron chi connectivity index (χ4n) is 2.43. The molecule has 0 spiro atoms. The van der Waals surface area contributed by atoms with Gasteiger partial charge in [0.25, 0.3) is 0 Å². The van der Waals surface area contributed by atoms with Gasteiger partial charge in [-0.05, 0) is 61.3 Å². The van der Waals surface area contributed by atoms with Gasteiger partial charge in [-0.1, -0.05) is 49.7 Å². The Hall–Kier alpha value is -1.87. The number of benzene rings is 2. The molecule has 0 fully saturated rings. The predicted octanol–water partition coefficient (Wildman–Crippen LogP) is 5.00. The van der Waals surface area contributed by atoms with Crippen LogP contribution in [0.4, 0.5) is 5.69 Å². The van der Waals surface area contributed by atoms with Gasteiger partial charge in [-0.25, -0.2) is 0 Å². The van der Waals surface area contributed by atoms with Gasteiger partial charge in [0.15, 0.2) is 5.11 Å². The summed E-state index contributed by atoms with van der Waals surface area (Å²) in [5.41, 5.74) is 4.86. The standard InChI is InChI=1S/C19H24N2S/c1-4-6-16-9-11-17(12-10-16)15(3)20-19(22)21-18-8-5-7-14(2)13-18/h5,7-13,15H,4,6H2,1-3H3,(H2,20,21,22). The molecule has 22 heavy (non-hydrogen) atoms. The molecule has 2 rings (SSSR count). The molecular weight excluding hydrogens is 288 g/mol. The Morgan fingerprint density at radius 1 is 1.14 bits per heavy atom. The molecular formula is C19H24N2S. The molecule has 1 atom stereocenters. The van der Waals surface area contributed by atoms with Crippen LogP contribution in [-0.2, 0) is 6.42 Å². The molecule has 2 aromatic rings. The van der Waals surface area contributed by atoms with Gasteiger partial charge < -0.3 is 10.6 Å². The summed E-state index contributed by atoms with van der Waals surface area (Å²) >= 11 is 5.40.